The van der Waals surface area contributed by atoms with E-state index < -0.39 is 12.6 Å². The van der Waals surface area contributed by atoms with Gasteiger partial charge in [-0.2, -0.15) is 13.2 Å². The predicted octanol–water partition coefficient (Wildman–Crippen LogP) is 2.66. The summed E-state index contributed by atoms with van der Waals surface area (Å²) in [5, 5.41) is 5.63. The van der Waals surface area contributed by atoms with E-state index in [-0.39, 0.29) is 6.54 Å². The number of rotatable bonds is 6. The number of nitrogens with one attached hydrogen (secondary N) is 2. The van der Waals surface area contributed by atoms with Gasteiger partial charge in [-0.25, -0.2) is 0 Å². The summed E-state index contributed by atoms with van der Waals surface area (Å²) in [4.78, 5) is 3.89. The average Bonchev–Trinajstić information content (AvgIpc) is 2.46. The van der Waals surface area contributed by atoms with Gasteiger partial charge in [-0.05, 0) is 30.5 Å². The molecule has 1 aromatic carbocycles. The highest BCUT2D eigenvalue weighted by molar-refractivity contribution is 5.79. The van der Waals surface area contributed by atoms with Gasteiger partial charge in [0.25, 0.3) is 0 Å². The van der Waals surface area contributed by atoms with Crippen molar-refractivity contribution < 1.29 is 17.9 Å². The minimum Gasteiger partial charge on any atom is -0.496 e. The summed E-state index contributed by atoms with van der Waals surface area (Å²) in [5.41, 5.74) is 2.14. The minimum atomic E-state index is -4.16. The quantitative estimate of drug-likeness (QED) is 0.626. The van der Waals surface area contributed by atoms with E-state index >= 15 is 0 Å². The second-order valence-corrected chi connectivity index (χ2v) is 4.84. The molecule has 1 aromatic rings. The zero-order valence-electron chi connectivity index (χ0n) is 13.0. The van der Waals surface area contributed by atoms with Crippen LogP contribution in [0.25, 0.3) is 0 Å². The Morgan fingerprint density at radius 1 is 1.23 bits per heavy atom. The second kappa shape index (κ2) is 8.51. The van der Waals surface area contributed by atoms with Gasteiger partial charge in [-0.1, -0.05) is 12.1 Å². The second-order valence-electron chi connectivity index (χ2n) is 4.84. The predicted molar refractivity (Wildman–Crippen MR) is 81.5 cm³/mol. The first-order valence-corrected chi connectivity index (χ1v) is 7.00. The molecule has 0 saturated heterocycles. The van der Waals surface area contributed by atoms with E-state index in [9.17, 15) is 13.2 Å². The molecule has 0 unspecified atom stereocenters. The fraction of sp³-hybridized carbons (Fsp3) is 0.533. The molecule has 0 aromatic heterocycles. The Balaban J connectivity index is 2.38. The summed E-state index contributed by atoms with van der Waals surface area (Å²) in [7, 11) is 3.15. The van der Waals surface area contributed by atoms with E-state index in [4.69, 9.17) is 4.74 Å². The van der Waals surface area contributed by atoms with Crippen molar-refractivity contribution in [3.63, 3.8) is 0 Å². The lowest BCUT2D eigenvalue weighted by atomic mass is 10.1. The molecule has 0 heterocycles. The van der Waals surface area contributed by atoms with Crippen LogP contribution in [0.3, 0.4) is 0 Å². The molecule has 0 fully saturated rings. The summed E-state index contributed by atoms with van der Waals surface area (Å²) < 4.78 is 41.5. The van der Waals surface area contributed by atoms with Crippen molar-refractivity contribution in [3.8, 4) is 5.75 Å². The number of nitrogens with zero attached hydrogens (tertiary/aromatic N) is 1. The summed E-state index contributed by atoms with van der Waals surface area (Å²) in [5.74, 6) is 1.19. The fourth-order valence-electron chi connectivity index (χ4n) is 1.89. The molecule has 0 radical (unpaired) electrons. The third-order valence-electron chi connectivity index (χ3n) is 3.10. The zero-order chi connectivity index (χ0) is 16.6. The first-order chi connectivity index (χ1) is 10.4. The van der Waals surface area contributed by atoms with E-state index in [1.54, 1.807) is 7.11 Å². The van der Waals surface area contributed by atoms with Gasteiger partial charge in [0.2, 0.25) is 0 Å². The highest BCUT2D eigenvalue weighted by Gasteiger charge is 2.26. The van der Waals surface area contributed by atoms with Crippen molar-refractivity contribution in [2.75, 3.05) is 27.2 Å². The highest BCUT2D eigenvalue weighted by Crippen LogP contribution is 2.19. The SMILES string of the molecule is CN=C(NCCc1ccc(C)c(OC)c1)NCCC(F)(F)F. The molecule has 0 aliphatic rings. The Labute approximate surface area is 128 Å². The van der Waals surface area contributed by atoms with Crippen LogP contribution in [0.15, 0.2) is 23.2 Å². The Morgan fingerprint density at radius 3 is 2.50 bits per heavy atom. The third-order valence-corrected chi connectivity index (χ3v) is 3.10. The first-order valence-electron chi connectivity index (χ1n) is 7.00. The molecular weight excluding hydrogens is 295 g/mol. The van der Waals surface area contributed by atoms with Crippen molar-refractivity contribution in [2.24, 2.45) is 4.99 Å². The molecule has 22 heavy (non-hydrogen) atoms. The molecule has 0 spiro atoms. The Kier molecular flexibility index (Phi) is 7.01. The van der Waals surface area contributed by atoms with Crippen LogP contribution in [-0.2, 0) is 6.42 Å². The number of aryl methyl sites for hydroxylation is 1. The third kappa shape index (κ3) is 6.69. The van der Waals surface area contributed by atoms with Gasteiger partial charge >= 0.3 is 6.18 Å². The number of hydrogen-bond acceptors (Lipinski definition) is 2. The summed E-state index contributed by atoms with van der Waals surface area (Å²) in [6, 6.07) is 5.93. The molecular formula is C15H22F3N3O. The molecule has 0 aliphatic heterocycles. The Bertz CT molecular complexity index is 501. The number of guanidine groups is 1. The van der Waals surface area contributed by atoms with Gasteiger partial charge in [0.1, 0.15) is 5.75 Å². The monoisotopic (exact) mass is 317 g/mol. The normalized spacial score (nSPS) is 12.2. The molecule has 2 N–H and O–H groups in total. The van der Waals surface area contributed by atoms with Crippen LogP contribution in [0.4, 0.5) is 13.2 Å². The fourth-order valence-corrected chi connectivity index (χ4v) is 1.89. The molecule has 0 aliphatic carbocycles. The standard InChI is InChI=1S/C15H22F3N3O/c1-11-4-5-12(10-13(11)22-3)6-8-20-14(19-2)21-9-7-15(16,17)18/h4-5,10H,6-9H2,1-3H3,(H2,19,20,21). The van der Waals surface area contributed by atoms with Gasteiger partial charge in [0, 0.05) is 20.1 Å². The molecule has 4 nitrogen and oxygen atoms in total. The topological polar surface area (TPSA) is 45.7 Å². The number of aliphatic imine (C=N–C) groups is 1. The Hall–Kier alpha value is -1.92. The maximum absolute atomic E-state index is 12.1. The molecule has 0 bridgehead atoms. The van der Waals surface area contributed by atoms with Crippen LogP contribution in [0.2, 0.25) is 0 Å². The molecule has 124 valence electrons. The zero-order valence-corrected chi connectivity index (χ0v) is 13.0. The molecule has 1 rings (SSSR count). The van der Waals surface area contributed by atoms with Crippen molar-refractivity contribution in [1.29, 1.82) is 0 Å². The van der Waals surface area contributed by atoms with Gasteiger partial charge < -0.3 is 15.4 Å². The van der Waals surface area contributed by atoms with Crippen molar-refractivity contribution in [2.45, 2.75) is 25.9 Å². The van der Waals surface area contributed by atoms with Crippen LogP contribution in [-0.4, -0.2) is 39.4 Å². The lowest BCUT2D eigenvalue weighted by molar-refractivity contribution is -0.132. The smallest absolute Gasteiger partial charge is 0.390 e. The molecule has 0 atom stereocenters. The number of alkyl halides is 3. The largest absolute Gasteiger partial charge is 0.496 e. The van der Waals surface area contributed by atoms with E-state index in [2.05, 4.69) is 15.6 Å². The number of benzene rings is 1. The maximum atomic E-state index is 12.1. The van der Waals surface area contributed by atoms with Crippen LogP contribution in [0.5, 0.6) is 5.75 Å². The van der Waals surface area contributed by atoms with Crippen LogP contribution in [0, 0.1) is 6.92 Å². The van der Waals surface area contributed by atoms with E-state index in [1.165, 1.54) is 7.05 Å². The minimum absolute atomic E-state index is 0.193. The van der Waals surface area contributed by atoms with Crippen molar-refractivity contribution >= 4 is 5.96 Å². The van der Waals surface area contributed by atoms with Crippen LogP contribution in [0.1, 0.15) is 17.5 Å². The number of ether oxygens (including phenoxy) is 1. The van der Waals surface area contributed by atoms with Gasteiger partial charge in [-0.15, -0.1) is 0 Å². The van der Waals surface area contributed by atoms with Crippen LogP contribution < -0.4 is 15.4 Å². The maximum Gasteiger partial charge on any atom is 0.390 e. The average molecular weight is 317 g/mol. The highest BCUT2D eigenvalue weighted by atomic mass is 19.4. The molecule has 0 amide bonds. The van der Waals surface area contributed by atoms with E-state index in [0.29, 0.717) is 12.5 Å². The summed E-state index contributed by atoms with van der Waals surface area (Å²) >= 11 is 0. The van der Waals surface area contributed by atoms with Gasteiger partial charge in [-0.3, -0.25) is 4.99 Å². The van der Waals surface area contributed by atoms with Crippen molar-refractivity contribution in [1.82, 2.24) is 10.6 Å². The Morgan fingerprint density at radius 2 is 1.91 bits per heavy atom. The summed E-state index contributed by atoms with van der Waals surface area (Å²) in [6.07, 6.45) is -4.33. The van der Waals surface area contributed by atoms with Crippen molar-refractivity contribution in [3.05, 3.63) is 29.3 Å². The van der Waals surface area contributed by atoms with E-state index in [0.717, 1.165) is 23.3 Å². The lowest BCUT2D eigenvalue weighted by Gasteiger charge is -2.13. The number of hydrogen-bond donors (Lipinski definition) is 2. The molecule has 0 saturated carbocycles. The number of methoxy groups -OCH3 is 1. The summed E-state index contributed by atoms with van der Waals surface area (Å²) in [6.45, 7) is 2.34. The van der Waals surface area contributed by atoms with Gasteiger partial charge in [0.05, 0.1) is 13.5 Å². The van der Waals surface area contributed by atoms with Gasteiger partial charge in [0.15, 0.2) is 5.96 Å². The van der Waals surface area contributed by atoms with Crippen LogP contribution >= 0.6 is 0 Å². The first kappa shape index (κ1) is 18.1. The lowest BCUT2D eigenvalue weighted by Crippen LogP contribution is -2.39. The molecule has 7 heteroatoms. The number of halogens is 3. The van der Waals surface area contributed by atoms with E-state index in [1.807, 2.05) is 25.1 Å².